The first kappa shape index (κ1) is 30.2. The number of nitrogen functional groups attached to an aromatic ring is 1. The Bertz CT molecular complexity index is 1510. The first-order valence-electron chi connectivity index (χ1n) is 14.5. The van der Waals surface area contributed by atoms with Gasteiger partial charge in [-0.25, -0.2) is 10.00 Å². The quantitative estimate of drug-likeness (QED) is 0.0891. The van der Waals surface area contributed by atoms with Gasteiger partial charge in [-0.3, -0.25) is 10.2 Å². The Balaban J connectivity index is 1.68. The minimum Gasteiger partial charge on any atom is -0.491 e. The molecule has 8 nitrogen and oxygen atoms in total. The molecule has 4 aromatic rings. The zero-order chi connectivity index (χ0) is 30.1. The number of benzene rings is 3. The summed E-state index contributed by atoms with van der Waals surface area (Å²) in [7, 11) is 0. The van der Waals surface area contributed by atoms with Crippen molar-refractivity contribution in [2.45, 2.75) is 65.9 Å². The fourth-order valence-electron chi connectivity index (χ4n) is 4.74. The number of carbonyl (C=O) groups is 1. The van der Waals surface area contributed by atoms with E-state index in [2.05, 4.69) is 29.0 Å². The molecule has 1 atom stereocenters. The zero-order valence-electron chi connectivity index (χ0n) is 24.9. The second-order valence-corrected chi connectivity index (χ2v) is 10.5. The summed E-state index contributed by atoms with van der Waals surface area (Å²) in [6.45, 7) is 8.30. The molecule has 0 saturated heterocycles. The number of aromatic amines is 1. The molecule has 1 aromatic heterocycles. The number of nitrogens with zero attached hydrogens (tertiary/aromatic N) is 3. The highest BCUT2D eigenvalue weighted by atomic mass is 16.5. The Morgan fingerprint density at radius 2 is 1.76 bits per heavy atom. The standard InChI is InChI=1S/C34H40N6O2/c1-5-7-10-23(3)31(21-25-13-15-26(16-14-25)29-11-8-9-12-30(29)32(35)36)33(41)40(34-37-22-38-39-34)27-17-19-28(20-18-27)42-24(4)6-2/h8-9,11-20,22,24H,5-7,10,21H2,1-4H3,(H3,35,36)(H,37,38,39)/b31-23+. The van der Waals surface area contributed by atoms with Crippen LogP contribution in [0.25, 0.3) is 11.1 Å². The number of anilines is 2. The molecule has 0 spiro atoms. The normalized spacial score (nSPS) is 12.4. The van der Waals surface area contributed by atoms with Crippen LogP contribution in [0.15, 0.2) is 90.3 Å². The van der Waals surface area contributed by atoms with Crippen LogP contribution in [0.4, 0.5) is 11.6 Å². The van der Waals surface area contributed by atoms with E-state index in [0.29, 0.717) is 23.6 Å². The van der Waals surface area contributed by atoms with Crippen LogP contribution in [0, 0.1) is 5.41 Å². The minimum absolute atomic E-state index is 0.0315. The number of H-pyrrole nitrogens is 1. The number of hydrogen-bond donors (Lipinski definition) is 3. The first-order chi connectivity index (χ1) is 20.3. The number of ether oxygens (including phenoxy) is 1. The number of allylic oxidation sites excluding steroid dienone is 1. The van der Waals surface area contributed by atoms with Crippen molar-refractivity contribution in [3.63, 3.8) is 0 Å². The lowest BCUT2D eigenvalue weighted by molar-refractivity contribution is -0.114. The molecule has 0 aliphatic carbocycles. The number of nitrogens with one attached hydrogen (secondary N) is 2. The van der Waals surface area contributed by atoms with E-state index in [1.807, 2.05) is 86.6 Å². The van der Waals surface area contributed by atoms with Gasteiger partial charge in [0.1, 0.15) is 17.9 Å². The molecule has 42 heavy (non-hydrogen) atoms. The molecule has 4 rings (SSSR count). The number of carbonyl (C=O) groups excluding carboxylic acids is 1. The molecule has 1 unspecified atom stereocenters. The first-order valence-corrected chi connectivity index (χ1v) is 14.5. The van der Waals surface area contributed by atoms with E-state index in [1.54, 1.807) is 4.90 Å². The van der Waals surface area contributed by atoms with Gasteiger partial charge in [0.15, 0.2) is 0 Å². The van der Waals surface area contributed by atoms with Gasteiger partial charge in [0.25, 0.3) is 5.91 Å². The van der Waals surface area contributed by atoms with Crippen LogP contribution in [0.1, 0.15) is 64.5 Å². The molecule has 1 amide bonds. The second kappa shape index (κ2) is 14.3. The lowest BCUT2D eigenvalue weighted by Gasteiger charge is -2.23. The summed E-state index contributed by atoms with van der Waals surface area (Å²) >= 11 is 0. The van der Waals surface area contributed by atoms with E-state index in [4.69, 9.17) is 15.9 Å². The van der Waals surface area contributed by atoms with Crippen LogP contribution in [0.3, 0.4) is 0 Å². The molecule has 4 N–H and O–H groups in total. The second-order valence-electron chi connectivity index (χ2n) is 10.5. The molecular weight excluding hydrogens is 524 g/mol. The van der Waals surface area contributed by atoms with Crippen LogP contribution in [-0.2, 0) is 11.2 Å². The molecule has 8 heteroatoms. The highest BCUT2D eigenvalue weighted by Gasteiger charge is 2.26. The van der Waals surface area contributed by atoms with E-state index in [9.17, 15) is 4.79 Å². The number of rotatable bonds is 13. The predicted molar refractivity (Wildman–Crippen MR) is 169 cm³/mol. The number of aromatic nitrogens is 3. The Labute approximate surface area is 248 Å². The molecular formula is C34H40N6O2. The van der Waals surface area contributed by atoms with Crippen LogP contribution in [0.2, 0.25) is 0 Å². The van der Waals surface area contributed by atoms with Gasteiger partial charge in [0.2, 0.25) is 5.95 Å². The third-order valence-corrected chi connectivity index (χ3v) is 7.37. The van der Waals surface area contributed by atoms with Crippen LogP contribution < -0.4 is 15.4 Å². The summed E-state index contributed by atoms with van der Waals surface area (Å²) in [5, 5.41) is 14.8. The molecule has 1 heterocycles. The third-order valence-electron chi connectivity index (χ3n) is 7.37. The Morgan fingerprint density at radius 1 is 1.05 bits per heavy atom. The fraction of sp³-hybridized carbons (Fsp3) is 0.294. The van der Waals surface area contributed by atoms with Gasteiger partial charge in [-0.2, -0.15) is 10.1 Å². The highest BCUT2D eigenvalue weighted by molar-refractivity contribution is 6.10. The highest BCUT2D eigenvalue weighted by Crippen LogP contribution is 2.30. The van der Waals surface area contributed by atoms with Gasteiger partial charge in [-0.05, 0) is 74.1 Å². The average molecular weight is 565 g/mol. The number of unbranched alkanes of at least 4 members (excludes halogenated alkanes) is 1. The maximum atomic E-state index is 14.4. The SMILES string of the molecule is CCCC/C(C)=C(\Cc1ccc(-c2ccccc2C(=N)N)cc1)C(=O)N(c1ccc(OC(C)CC)cc1)c1ncn[nH]1. The summed E-state index contributed by atoms with van der Waals surface area (Å²) in [4.78, 5) is 20.3. The van der Waals surface area contributed by atoms with Crippen LogP contribution in [0.5, 0.6) is 5.75 Å². The summed E-state index contributed by atoms with van der Waals surface area (Å²) < 4.78 is 5.95. The molecule has 0 saturated carbocycles. The van der Waals surface area contributed by atoms with Gasteiger partial charge >= 0.3 is 0 Å². The Hall–Kier alpha value is -4.72. The van der Waals surface area contributed by atoms with Gasteiger partial charge in [0, 0.05) is 17.6 Å². The summed E-state index contributed by atoms with van der Waals surface area (Å²) in [5.41, 5.74) is 11.8. The van der Waals surface area contributed by atoms with Crippen molar-refractivity contribution in [3.8, 4) is 16.9 Å². The van der Waals surface area contributed by atoms with E-state index in [0.717, 1.165) is 59.3 Å². The van der Waals surface area contributed by atoms with Gasteiger partial charge in [-0.1, -0.05) is 74.4 Å². The molecule has 0 radical (unpaired) electrons. The van der Waals surface area contributed by atoms with E-state index in [-0.39, 0.29) is 17.8 Å². The van der Waals surface area contributed by atoms with Gasteiger partial charge in [-0.15, -0.1) is 0 Å². The number of amides is 1. The summed E-state index contributed by atoms with van der Waals surface area (Å²) in [6, 6.07) is 23.2. The molecule has 218 valence electrons. The number of nitrogens with two attached hydrogens (primary N) is 1. The van der Waals surface area contributed by atoms with Crippen LogP contribution >= 0.6 is 0 Å². The van der Waals surface area contributed by atoms with Crippen molar-refractivity contribution in [3.05, 3.63) is 101 Å². The van der Waals surface area contributed by atoms with Crippen molar-refractivity contribution >= 4 is 23.4 Å². The molecule has 0 aliphatic rings. The summed E-state index contributed by atoms with van der Waals surface area (Å²) in [5.74, 6) is 0.984. The van der Waals surface area contributed by atoms with Crippen molar-refractivity contribution in [2.75, 3.05) is 4.90 Å². The van der Waals surface area contributed by atoms with E-state index >= 15 is 0 Å². The minimum atomic E-state index is -0.151. The largest absolute Gasteiger partial charge is 0.491 e. The predicted octanol–water partition coefficient (Wildman–Crippen LogP) is 7.35. The van der Waals surface area contributed by atoms with E-state index < -0.39 is 0 Å². The van der Waals surface area contributed by atoms with E-state index in [1.165, 1.54) is 6.33 Å². The maximum Gasteiger partial charge on any atom is 0.261 e. The van der Waals surface area contributed by atoms with Gasteiger partial charge < -0.3 is 10.5 Å². The Kier molecular flexibility index (Phi) is 10.3. The number of hydrogen-bond acceptors (Lipinski definition) is 5. The zero-order valence-corrected chi connectivity index (χ0v) is 24.9. The third kappa shape index (κ3) is 7.32. The molecule has 0 fully saturated rings. The van der Waals surface area contributed by atoms with Crippen molar-refractivity contribution in [1.29, 1.82) is 5.41 Å². The molecule has 0 bridgehead atoms. The van der Waals surface area contributed by atoms with Gasteiger partial charge in [0.05, 0.1) is 11.8 Å². The lowest BCUT2D eigenvalue weighted by Crippen LogP contribution is -2.30. The maximum absolute atomic E-state index is 14.4. The lowest BCUT2D eigenvalue weighted by atomic mass is 9.94. The molecule has 0 aliphatic heterocycles. The Morgan fingerprint density at radius 3 is 2.38 bits per heavy atom. The average Bonchev–Trinajstić information content (AvgIpc) is 3.54. The smallest absolute Gasteiger partial charge is 0.261 e. The number of amidine groups is 1. The van der Waals surface area contributed by atoms with Crippen molar-refractivity contribution in [1.82, 2.24) is 15.2 Å². The molecule has 3 aromatic carbocycles. The van der Waals surface area contributed by atoms with Crippen molar-refractivity contribution in [2.24, 2.45) is 5.73 Å². The van der Waals surface area contributed by atoms with Crippen molar-refractivity contribution < 1.29 is 9.53 Å². The summed E-state index contributed by atoms with van der Waals surface area (Å²) in [6.07, 6.45) is 5.72. The topological polar surface area (TPSA) is 121 Å². The van der Waals surface area contributed by atoms with Crippen LogP contribution in [-0.4, -0.2) is 33.0 Å². The monoisotopic (exact) mass is 564 g/mol. The fourth-order valence-corrected chi connectivity index (χ4v) is 4.74.